The van der Waals surface area contributed by atoms with E-state index in [9.17, 15) is 15.3 Å². The third-order valence-corrected chi connectivity index (χ3v) is 6.08. The second kappa shape index (κ2) is 8.80. The second-order valence-corrected chi connectivity index (χ2v) is 8.34. The highest BCUT2D eigenvalue weighted by Crippen LogP contribution is 2.48. The third-order valence-electron chi connectivity index (χ3n) is 6.08. The molecule has 0 aliphatic rings. The lowest BCUT2D eigenvalue weighted by atomic mass is 9.90. The van der Waals surface area contributed by atoms with Crippen LogP contribution in [0.1, 0.15) is 5.56 Å². The van der Waals surface area contributed by atoms with E-state index in [1.165, 1.54) is 0 Å². The SMILES string of the molecule is Cc1cc(-c2cccc(-c3ccccc3)c2O)c(O)c(-c2cccc(-c3ccccc3)c2O)c1. The zero-order chi connectivity index (χ0) is 23.7. The van der Waals surface area contributed by atoms with Crippen molar-refractivity contribution in [3.63, 3.8) is 0 Å². The van der Waals surface area contributed by atoms with Crippen LogP contribution in [0, 0.1) is 6.92 Å². The van der Waals surface area contributed by atoms with Crippen LogP contribution in [0.4, 0.5) is 0 Å². The molecule has 0 spiro atoms. The van der Waals surface area contributed by atoms with E-state index >= 15 is 0 Å². The van der Waals surface area contributed by atoms with Gasteiger partial charge in [0.15, 0.2) is 0 Å². The van der Waals surface area contributed by atoms with E-state index in [4.69, 9.17) is 0 Å². The molecular weight excluding hydrogens is 420 g/mol. The van der Waals surface area contributed by atoms with Crippen LogP contribution in [0.5, 0.6) is 17.2 Å². The van der Waals surface area contributed by atoms with Gasteiger partial charge in [-0.15, -0.1) is 0 Å². The molecule has 0 saturated heterocycles. The summed E-state index contributed by atoms with van der Waals surface area (Å²) in [6, 6.07) is 34.0. The van der Waals surface area contributed by atoms with Crippen LogP contribution in [-0.4, -0.2) is 15.3 Å². The van der Waals surface area contributed by atoms with Crippen molar-refractivity contribution in [1.29, 1.82) is 0 Å². The van der Waals surface area contributed by atoms with E-state index in [2.05, 4.69) is 0 Å². The molecule has 0 fully saturated rings. The summed E-state index contributed by atoms with van der Waals surface area (Å²) in [7, 11) is 0. The fourth-order valence-corrected chi connectivity index (χ4v) is 4.41. The number of aromatic hydroxyl groups is 3. The summed E-state index contributed by atoms with van der Waals surface area (Å²) < 4.78 is 0. The molecule has 0 saturated carbocycles. The first-order valence-corrected chi connectivity index (χ1v) is 11.1. The second-order valence-electron chi connectivity index (χ2n) is 8.34. The number of benzene rings is 5. The monoisotopic (exact) mass is 444 g/mol. The van der Waals surface area contributed by atoms with Gasteiger partial charge in [0.25, 0.3) is 0 Å². The highest BCUT2D eigenvalue weighted by molar-refractivity contribution is 5.91. The van der Waals surface area contributed by atoms with E-state index < -0.39 is 0 Å². The lowest BCUT2D eigenvalue weighted by molar-refractivity contribution is 0.468. The minimum atomic E-state index is 0.00613. The van der Waals surface area contributed by atoms with E-state index in [-0.39, 0.29) is 17.2 Å². The number of hydrogen-bond donors (Lipinski definition) is 3. The molecule has 0 aromatic heterocycles. The average Bonchev–Trinajstić information content (AvgIpc) is 2.87. The molecule has 34 heavy (non-hydrogen) atoms. The Bertz CT molecular complexity index is 1360. The van der Waals surface area contributed by atoms with Crippen molar-refractivity contribution in [1.82, 2.24) is 0 Å². The highest BCUT2D eigenvalue weighted by Gasteiger charge is 2.20. The molecule has 3 nitrogen and oxygen atoms in total. The number of para-hydroxylation sites is 2. The molecule has 5 rings (SSSR count). The molecule has 3 heteroatoms. The van der Waals surface area contributed by atoms with Crippen molar-refractivity contribution in [3.8, 4) is 61.8 Å². The Morgan fingerprint density at radius 1 is 0.382 bits per heavy atom. The van der Waals surface area contributed by atoms with Gasteiger partial charge in [0.2, 0.25) is 0 Å². The Kier molecular flexibility index (Phi) is 5.52. The fourth-order valence-electron chi connectivity index (χ4n) is 4.41. The first kappa shape index (κ1) is 21.4. The Morgan fingerprint density at radius 3 is 1.15 bits per heavy atom. The Labute approximate surface area is 198 Å². The maximum Gasteiger partial charge on any atom is 0.131 e. The molecule has 0 radical (unpaired) electrons. The first-order valence-electron chi connectivity index (χ1n) is 11.1. The minimum Gasteiger partial charge on any atom is -0.507 e. The summed E-state index contributed by atoms with van der Waals surface area (Å²) in [5, 5.41) is 33.7. The molecule has 0 amide bonds. The molecule has 5 aromatic rings. The summed E-state index contributed by atoms with van der Waals surface area (Å²) >= 11 is 0. The molecular formula is C31H24O3. The predicted octanol–water partition coefficient (Wildman–Crippen LogP) is 7.78. The zero-order valence-corrected chi connectivity index (χ0v) is 18.7. The Morgan fingerprint density at radius 2 is 0.735 bits per heavy atom. The van der Waals surface area contributed by atoms with E-state index in [1.807, 2.05) is 104 Å². The van der Waals surface area contributed by atoms with Crippen molar-refractivity contribution in [3.05, 3.63) is 115 Å². The molecule has 0 atom stereocenters. The highest BCUT2D eigenvalue weighted by atomic mass is 16.3. The van der Waals surface area contributed by atoms with Crippen LogP contribution in [0.3, 0.4) is 0 Å². The van der Waals surface area contributed by atoms with Crippen LogP contribution < -0.4 is 0 Å². The summed E-state index contributed by atoms with van der Waals surface area (Å²) in [6.07, 6.45) is 0. The quantitative estimate of drug-likeness (QED) is 0.265. The molecule has 0 aliphatic carbocycles. The van der Waals surface area contributed by atoms with Crippen molar-refractivity contribution >= 4 is 0 Å². The fraction of sp³-hybridized carbons (Fsp3) is 0.0323. The van der Waals surface area contributed by atoms with Gasteiger partial charge in [-0.2, -0.15) is 0 Å². The van der Waals surface area contributed by atoms with Crippen molar-refractivity contribution in [2.45, 2.75) is 6.92 Å². The summed E-state index contributed by atoms with van der Waals surface area (Å²) in [5.74, 6) is 0.206. The van der Waals surface area contributed by atoms with Crippen LogP contribution in [0.25, 0.3) is 44.5 Å². The van der Waals surface area contributed by atoms with Crippen LogP contribution >= 0.6 is 0 Å². The molecule has 166 valence electrons. The molecule has 3 N–H and O–H groups in total. The van der Waals surface area contributed by atoms with Gasteiger partial charge in [-0.05, 0) is 35.7 Å². The average molecular weight is 445 g/mol. The summed E-state index contributed by atoms with van der Waals surface area (Å²) in [4.78, 5) is 0. The topological polar surface area (TPSA) is 60.7 Å². The van der Waals surface area contributed by atoms with Crippen LogP contribution in [0.2, 0.25) is 0 Å². The van der Waals surface area contributed by atoms with Gasteiger partial charge >= 0.3 is 0 Å². The van der Waals surface area contributed by atoms with Gasteiger partial charge in [-0.1, -0.05) is 97.1 Å². The molecule has 0 unspecified atom stereocenters. The van der Waals surface area contributed by atoms with Gasteiger partial charge in [0, 0.05) is 33.4 Å². The van der Waals surface area contributed by atoms with Gasteiger partial charge < -0.3 is 15.3 Å². The molecule has 5 aromatic carbocycles. The Hall–Kier alpha value is -4.50. The van der Waals surface area contributed by atoms with Crippen LogP contribution in [0.15, 0.2) is 109 Å². The van der Waals surface area contributed by atoms with E-state index in [0.29, 0.717) is 33.4 Å². The third kappa shape index (κ3) is 3.78. The van der Waals surface area contributed by atoms with Gasteiger partial charge in [0.1, 0.15) is 17.2 Å². The van der Waals surface area contributed by atoms with Crippen LogP contribution in [-0.2, 0) is 0 Å². The zero-order valence-electron chi connectivity index (χ0n) is 18.7. The first-order chi connectivity index (χ1) is 16.5. The lowest BCUT2D eigenvalue weighted by Gasteiger charge is -2.17. The molecule has 0 bridgehead atoms. The Balaban J connectivity index is 1.68. The van der Waals surface area contributed by atoms with Crippen molar-refractivity contribution in [2.24, 2.45) is 0 Å². The maximum absolute atomic E-state index is 11.4. The number of hydrogen-bond acceptors (Lipinski definition) is 3. The number of rotatable bonds is 4. The van der Waals surface area contributed by atoms with E-state index in [0.717, 1.165) is 16.7 Å². The van der Waals surface area contributed by atoms with E-state index in [1.54, 1.807) is 12.1 Å². The predicted molar refractivity (Wildman–Crippen MR) is 138 cm³/mol. The summed E-state index contributed by atoms with van der Waals surface area (Å²) in [6.45, 7) is 1.93. The smallest absolute Gasteiger partial charge is 0.131 e. The van der Waals surface area contributed by atoms with Gasteiger partial charge in [-0.3, -0.25) is 0 Å². The van der Waals surface area contributed by atoms with Crippen molar-refractivity contribution < 1.29 is 15.3 Å². The largest absolute Gasteiger partial charge is 0.507 e. The maximum atomic E-state index is 11.4. The molecule has 0 heterocycles. The summed E-state index contributed by atoms with van der Waals surface area (Å²) in [5.41, 5.74) is 6.14. The standard InChI is InChI=1S/C31H24O3/c1-20-18-27(25-16-8-14-23(29(25)32)21-10-4-2-5-11-21)31(34)28(19-20)26-17-9-15-24(30(26)33)22-12-6-3-7-13-22/h2-19,32-34H,1H3. The van der Waals surface area contributed by atoms with Gasteiger partial charge in [-0.25, -0.2) is 0 Å². The number of aryl methyl sites for hydroxylation is 1. The number of phenolic OH excluding ortho intramolecular Hbond substituents is 3. The molecule has 0 aliphatic heterocycles. The van der Waals surface area contributed by atoms with Crippen molar-refractivity contribution in [2.75, 3.05) is 0 Å². The normalized spacial score (nSPS) is 10.9. The van der Waals surface area contributed by atoms with Gasteiger partial charge in [0.05, 0.1) is 0 Å². The number of phenols is 3. The minimum absolute atomic E-state index is 0.00613. The lowest BCUT2D eigenvalue weighted by Crippen LogP contribution is -1.90.